The van der Waals surface area contributed by atoms with E-state index < -0.39 is 15.9 Å². The molecule has 0 bridgehead atoms. The molecule has 1 N–H and O–H groups in total. The van der Waals surface area contributed by atoms with Crippen LogP contribution in [0.5, 0.6) is 17.2 Å². The Hall–Kier alpha value is -3.63. The lowest BCUT2D eigenvalue weighted by atomic mass is 10.1. The van der Waals surface area contributed by atoms with Crippen LogP contribution in [0.1, 0.15) is 31.1 Å². The summed E-state index contributed by atoms with van der Waals surface area (Å²) in [6.07, 6.45) is 0.878. The topological polar surface area (TPSA) is 104 Å². The maximum atomic E-state index is 11.8. The van der Waals surface area contributed by atoms with Crippen molar-refractivity contribution in [2.24, 2.45) is 0 Å². The Kier molecular flexibility index (Phi) is 10.1. The number of rotatable bonds is 10. The highest BCUT2D eigenvalue weighted by Gasteiger charge is 2.16. The van der Waals surface area contributed by atoms with Gasteiger partial charge >= 0.3 is 0 Å². The van der Waals surface area contributed by atoms with Gasteiger partial charge in [0.2, 0.25) is 0 Å². The molecule has 4 aromatic rings. The fourth-order valence-electron chi connectivity index (χ4n) is 3.52. The molecule has 0 radical (unpaired) electrons. The molecule has 0 aliphatic rings. The molecule has 10 heteroatoms. The summed E-state index contributed by atoms with van der Waals surface area (Å²) >= 11 is 1.59. The summed E-state index contributed by atoms with van der Waals surface area (Å²) in [5.74, 6) is 2.09. The molecule has 3 aromatic carbocycles. The van der Waals surface area contributed by atoms with Crippen molar-refractivity contribution >= 4 is 42.8 Å². The van der Waals surface area contributed by atoms with Gasteiger partial charge in [-0.1, -0.05) is 49.4 Å². The van der Waals surface area contributed by atoms with Crippen LogP contribution in [0.25, 0.3) is 10.2 Å². The number of aryl methyl sites for hydroxylation is 1. The molecule has 0 fully saturated rings. The number of ether oxygens (including phenoxy) is 3. The third-order valence-corrected chi connectivity index (χ3v) is 8.56. The number of carbonyl (C=O) groups excluding carboxylic acids is 1. The number of anilines is 1. The Morgan fingerprint density at radius 3 is 2.13 bits per heavy atom. The van der Waals surface area contributed by atoms with Gasteiger partial charge in [0.05, 0.1) is 35.1 Å². The minimum Gasteiger partial charge on any atom is -0.493 e. The quantitative estimate of drug-likeness (QED) is 0.248. The van der Waals surface area contributed by atoms with Gasteiger partial charge in [0.1, 0.15) is 5.75 Å². The summed E-state index contributed by atoms with van der Waals surface area (Å²) in [6, 6.07) is 17.6. The number of nitrogens with zero attached hydrogens (tertiary/aromatic N) is 1. The molecule has 1 atom stereocenters. The monoisotopic (exact) mass is 556 g/mol. The first-order valence-corrected chi connectivity index (χ1v) is 14.5. The van der Waals surface area contributed by atoms with Crippen molar-refractivity contribution in [1.82, 2.24) is 4.98 Å². The average Bonchev–Trinajstić information content (AvgIpc) is 3.38. The fraction of sp³-hybridized carbons (Fsp3) is 0.286. The molecule has 38 heavy (non-hydrogen) atoms. The zero-order valence-corrected chi connectivity index (χ0v) is 23.7. The average molecular weight is 557 g/mol. The second kappa shape index (κ2) is 13.3. The van der Waals surface area contributed by atoms with E-state index in [0.29, 0.717) is 23.3 Å². The summed E-state index contributed by atoms with van der Waals surface area (Å²) < 4.78 is 40.8. The summed E-state index contributed by atoms with van der Waals surface area (Å²) in [4.78, 5) is 16.0. The van der Waals surface area contributed by atoms with Crippen LogP contribution in [0, 0.1) is 0 Å². The summed E-state index contributed by atoms with van der Waals surface area (Å²) in [7, 11) is 1.86. The van der Waals surface area contributed by atoms with Gasteiger partial charge in [0.15, 0.2) is 38.9 Å². The first-order chi connectivity index (χ1) is 18.3. The SMILES string of the molecule is CCc1ccc(OC(C=O)c2ccc(S(=O)(=O)CC)cc2)cc1.CNc1nc2cc(OC)c(OC)cc2s1. The highest BCUT2D eigenvalue weighted by Crippen LogP contribution is 2.35. The van der Waals surface area contributed by atoms with Gasteiger partial charge in [-0.3, -0.25) is 4.79 Å². The number of aldehydes is 1. The first kappa shape index (κ1) is 28.9. The zero-order chi connectivity index (χ0) is 27.7. The van der Waals surface area contributed by atoms with Crippen LogP contribution in [0.15, 0.2) is 65.6 Å². The molecule has 202 valence electrons. The van der Waals surface area contributed by atoms with Crippen molar-refractivity contribution in [2.45, 2.75) is 31.3 Å². The van der Waals surface area contributed by atoms with E-state index in [1.165, 1.54) is 17.7 Å². The smallest absolute Gasteiger partial charge is 0.183 e. The molecule has 8 nitrogen and oxygen atoms in total. The lowest BCUT2D eigenvalue weighted by molar-refractivity contribution is -0.113. The van der Waals surface area contributed by atoms with Crippen molar-refractivity contribution < 1.29 is 27.4 Å². The Labute approximate surface area is 227 Å². The van der Waals surface area contributed by atoms with Gasteiger partial charge in [-0.05, 0) is 41.8 Å². The summed E-state index contributed by atoms with van der Waals surface area (Å²) in [5.41, 5.74) is 2.73. The van der Waals surface area contributed by atoms with Crippen LogP contribution in [0.2, 0.25) is 0 Å². The van der Waals surface area contributed by atoms with E-state index in [4.69, 9.17) is 14.2 Å². The number of carbonyl (C=O) groups is 1. The van der Waals surface area contributed by atoms with E-state index in [1.807, 2.05) is 43.4 Å². The molecule has 0 amide bonds. The number of sulfone groups is 1. The molecular formula is C28H32N2O6S2. The molecule has 0 aliphatic carbocycles. The Bertz CT molecular complexity index is 1410. The number of aromatic nitrogens is 1. The summed E-state index contributed by atoms with van der Waals surface area (Å²) in [5, 5.41) is 3.91. The van der Waals surface area contributed by atoms with Gasteiger partial charge in [-0.2, -0.15) is 0 Å². The number of hydrogen-bond acceptors (Lipinski definition) is 9. The van der Waals surface area contributed by atoms with E-state index in [-0.39, 0.29) is 10.6 Å². The predicted octanol–water partition coefficient (Wildman–Crippen LogP) is 5.72. The van der Waals surface area contributed by atoms with Gasteiger partial charge in [-0.15, -0.1) is 0 Å². The van der Waals surface area contributed by atoms with Crippen molar-refractivity contribution in [2.75, 3.05) is 32.3 Å². The molecule has 1 unspecified atom stereocenters. The van der Waals surface area contributed by atoms with Gasteiger partial charge in [0, 0.05) is 19.2 Å². The van der Waals surface area contributed by atoms with Gasteiger partial charge < -0.3 is 19.5 Å². The number of thiazole rings is 1. The lowest BCUT2D eigenvalue weighted by Gasteiger charge is -2.14. The minimum absolute atomic E-state index is 0.0454. The maximum Gasteiger partial charge on any atom is 0.183 e. The van der Waals surface area contributed by atoms with Crippen LogP contribution in [0.4, 0.5) is 5.13 Å². The molecule has 0 saturated carbocycles. The Balaban J connectivity index is 0.000000230. The van der Waals surface area contributed by atoms with Crippen LogP contribution < -0.4 is 19.5 Å². The van der Waals surface area contributed by atoms with Crippen LogP contribution in [-0.2, 0) is 21.1 Å². The van der Waals surface area contributed by atoms with E-state index >= 15 is 0 Å². The third-order valence-electron chi connectivity index (χ3n) is 5.77. The Morgan fingerprint density at radius 2 is 1.61 bits per heavy atom. The van der Waals surface area contributed by atoms with E-state index in [0.717, 1.165) is 27.5 Å². The minimum atomic E-state index is -3.24. The van der Waals surface area contributed by atoms with Crippen molar-refractivity contribution in [3.63, 3.8) is 0 Å². The molecule has 0 aliphatic heterocycles. The molecule has 0 saturated heterocycles. The van der Waals surface area contributed by atoms with Crippen LogP contribution in [0.3, 0.4) is 0 Å². The number of nitrogens with one attached hydrogen (secondary N) is 1. The maximum absolute atomic E-state index is 11.8. The molecule has 0 spiro atoms. The normalized spacial score (nSPS) is 11.7. The molecule has 1 heterocycles. The Morgan fingerprint density at radius 1 is 0.974 bits per heavy atom. The van der Waals surface area contributed by atoms with Crippen molar-refractivity contribution in [3.8, 4) is 17.2 Å². The van der Waals surface area contributed by atoms with E-state index in [2.05, 4.69) is 17.2 Å². The zero-order valence-electron chi connectivity index (χ0n) is 22.1. The number of methoxy groups -OCH3 is 2. The van der Waals surface area contributed by atoms with Crippen molar-refractivity contribution in [3.05, 3.63) is 71.8 Å². The van der Waals surface area contributed by atoms with Crippen molar-refractivity contribution in [1.29, 1.82) is 0 Å². The standard InChI is InChI=1S/C18H20O4S.C10H12N2O2S/c1-3-14-5-9-16(10-6-14)22-18(13-19)15-7-11-17(12-8-15)23(20,21)4-2;1-11-10-12-6-4-7(13-2)8(14-3)5-9(6)15-10/h5-13,18H,3-4H2,1-2H3;4-5H,1-3H3,(H,11,12). The predicted molar refractivity (Wildman–Crippen MR) is 152 cm³/mol. The third kappa shape index (κ3) is 7.02. The van der Waals surface area contributed by atoms with Crippen LogP contribution >= 0.6 is 11.3 Å². The number of benzene rings is 3. The molecule has 1 aromatic heterocycles. The highest BCUT2D eigenvalue weighted by atomic mass is 32.2. The fourth-order valence-corrected chi connectivity index (χ4v) is 5.23. The van der Waals surface area contributed by atoms with E-state index in [1.54, 1.807) is 44.6 Å². The largest absolute Gasteiger partial charge is 0.493 e. The summed E-state index contributed by atoms with van der Waals surface area (Å²) in [6.45, 7) is 3.66. The number of fused-ring (bicyclic) bond motifs is 1. The second-order valence-corrected chi connectivity index (χ2v) is 11.4. The van der Waals surface area contributed by atoms with Gasteiger partial charge in [-0.25, -0.2) is 13.4 Å². The van der Waals surface area contributed by atoms with E-state index in [9.17, 15) is 13.2 Å². The lowest BCUT2D eigenvalue weighted by Crippen LogP contribution is -2.10. The molecular weight excluding hydrogens is 524 g/mol. The highest BCUT2D eigenvalue weighted by molar-refractivity contribution is 7.91. The number of hydrogen-bond donors (Lipinski definition) is 1. The van der Waals surface area contributed by atoms with Crippen LogP contribution in [-0.4, -0.2) is 46.7 Å². The molecule has 4 rings (SSSR count). The second-order valence-electron chi connectivity index (χ2n) is 8.09. The first-order valence-electron chi connectivity index (χ1n) is 12.0. The van der Waals surface area contributed by atoms with Gasteiger partial charge in [0.25, 0.3) is 0 Å².